The lowest BCUT2D eigenvalue weighted by Gasteiger charge is -2.28. The number of hydrogen-bond donors (Lipinski definition) is 2. The van der Waals surface area contributed by atoms with E-state index in [-0.39, 0.29) is 23.8 Å². The highest BCUT2D eigenvalue weighted by Crippen LogP contribution is 2.33. The Kier molecular flexibility index (Phi) is 3.05. The van der Waals surface area contributed by atoms with Gasteiger partial charge in [0.15, 0.2) is 5.78 Å². The Morgan fingerprint density at radius 2 is 2.06 bits per heavy atom. The van der Waals surface area contributed by atoms with Crippen molar-refractivity contribution in [3.63, 3.8) is 0 Å². The number of nitrogens with one attached hydrogen (secondary N) is 2. The minimum atomic E-state index is -0.153. The molecule has 0 aromatic heterocycles. The summed E-state index contributed by atoms with van der Waals surface area (Å²) >= 11 is 0. The molecular formula is C13H18N2O2. The van der Waals surface area contributed by atoms with Crippen LogP contribution in [0.2, 0.25) is 0 Å². The van der Waals surface area contributed by atoms with Crippen LogP contribution in [0.25, 0.3) is 0 Å². The predicted octanol–water partition coefficient (Wildman–Crippen LogP) is 1.54. The first-order valence-corrected chi connectivity index (χ1v) is 5.91. The quantitative estimate of drug-likeness (QED) is 0.712. The van der Waals surface area contributed by atoms with Gasteiger partial charge >= 0.3 is 6.03 Å². The summed E-state index contributed by atoms with van der Waals surface area (Å²) in [6.45, 7) is 8.33. The van der Waals surface area contributed by atoms with Crippen molar-refractivity contribution >= 4 is 11.8 Å². The van der Waals surface area contributed by atoms with Crippen molar-refractivity contribution in [2.45, 2.75) is 32.7 Å². The van der Waals surface area contributed by atoms with Crippen molar-refractivity contribution in [2.75, 3.05) is 6.54 Å². The zero-order valence-corrected chi connectivity index (χ0v) is 10.3. The van der Waals surface area contributed by atoms with Crippen LogP contribution in [0.15, 0.2) is 23.3 Å². The van der Waals surface area contributed by atoms with Gasteiger partial charge in [-0.3, -0.25) is 4.79 Å². The Hall–Kier alpha value is -1.58. The van der Waals surface area contributed by atoms with Crippen LogP contribution in [0.4, 0.5) is 4.79 Å². The van der Waals surface area contributed by atoms with Crippen LogP contribution >= 0.6 is 0 Å². The molecule has 0 aromatic carbocycles. The van der Waals surface area contributed by atoms with E-state index in [4.69, 9.17) is 0 Å². The van der Waals surface area contributed by atoms with Gasteiger partial charge in [-0.1, -0.05) is 12.2 Å². The van der Waals surface area contributed by atoms with E-state index in [2.05, 4.69) is 17.2 Å². The first kappa shape index (κ1) is 11.9. The number of allylic oxidation sites excluding steroid dienone is 2. The number of Topliss-reactive ketones (excluding diaryl/α,β-unsaturated/α-hetero) is 1. The van der Waals surface area contributed by atoms with Gasteiger partial charge in [-0.25, -0.2) is 4.79 Å². The number of rotatable bonds is 2. The van der Waals surface area contributed by atoms with E-state index in [1.54, 1.807) is 0 Å². The monoisotopic (exact) mass is 234 g/mol. The van der Waals surface area contributed by atoms with E-state index >= 15 is 0 Å². The van der Waals surface area contributed by atoms with Crippen molar-refractivity contribution < 1.29 is 9.59 Å². The van der Waals surface area contributed by atoms with Crippen LogP contribution in [0.5, 0.6) is 0 Å². The zero-order valence-electron chi connectivity index (χ0n) is 10.3. The molecule has 0 saturated carbocycles. The van der Waals surface area contributed by atoms with Gasteiger partial charge in [0.05, 0.1) is 6.04 Å². The summed E-state index contributed by atoms with van der Waals surface area (Å²) in [6.07, 6.45) is 1.39. The molecule has 0 spiro atoms. The highest BCUT2D eigenvalue weighted by molar-refractivity contribution is 5.97. The summed E-state index contributed by atoms with van der Waals surface area (Å²) in [6, 6.07) is -0.186. The molecule has 2 amide bonds. The number of ketones is 1. The fourth-order valence-corrected chi connectivity index (χ4v) is 2.46. The van der Waals surface area contributed by atoms with Crippen LogP contribution in [0.1, 0.15) is 26.7 Å². The molecule has 92 valence electrons. The molecule has 2 rings (SSSR count). The average molecular weight is 234 g/mol. The van der Waals surface area contributed by atoms with E-state index in [1.807, 2.05) is 13.8 Å². The van der Waals surface area contributed by atoms with E-state index in [1.165, 1.54) is 0 Å². The van der Waals surface area contributed by atoms with Crippen LogP contribution in [-0.4, -0.2) is 24.4 Å². The lowest BCUT2D eigenvalue weighted by atomic mass is 9.78. The maximum atomic E-state index is 11.9. The minimum Gasteiger partial charge on any atom is -0.336 e. The van der Waals surface area contributed by atoms with E-state index in [0.717, 1.165) is 23.1 Å². The molecule has 17 heavy (non-hydrogen) atoms. The molecular weight excluding hydrogens is 216 g/mol. The largest absolute Gasteiger partial charge is 0.336 e. The summed E-state index contributed by atoms with van der Waals surface area (Å²) in [5.74, 6) is 0.402. The number of amides is 2. The SMILES string of the molecule is C=C(C)[C@@H]1CC(=O)C(C)=C([C@H]2CNC(=O)N2)C1. The Morgan fingerprint density at radius 1 is 1.35 bits per heavy atom. The normalized spacial score (nSPS) is 29.1. The zero-order chi connectivity index (χ0) is 12.6. The standard InChI is InChI=1S/C13H18N2O2/c1-7(2)9-4-10(8(3)12(16)5-9)11-6-14-13(17)15-11/h9,11H,1,4-6H2,2-3H3,(H2,14,15,17)/t9-,11+/m0/s1. The molecule has 0 radical (unpaired) electrons. The van der Waals surface area contributed by atoms with E-state index < -0.39 is 0 Å². The maximum absolute atomic E-state index is 11.9. The summed E-state index contributed by atoms with van der Waals surface area (Å²) in [5, 5.41) is 5.57. The highest BCUT2D eigenvalue weighted by atomic mass is 16.2. The second-order valence-corrected chi connectivity index (χ2v) is 4.93. The molecule has 0 aromatic rings. The van der Waals surface area contributed by atoms with Crippen LogP contribution in [0.3, 0.4) is 0 Å². The molecule has 4 heteroatoms. The topological polar surface area (TPSA) is 58.2 Å². The van der Waals surface area contributed by atoms with Crippen molar-refractivity contribution in [3.05, 3.63) is 23.3 Å². The van der Waals surface area contributed by atoms with Crippen molar-refractivity contribution in [3.8, 4) is 0 Å². The third-order valence-corrected chi connectivity index (χ3v) is 3.69. The average Bonchev–Trinajstić information content (AvgIpc) is 2.68. The van der Waals surface area contributed by atoms with Crippen molar-refractivity contribution in [1.82, 2.24) is 10.6 Å². The van der Waals surface area contributed by atoms with Crippen LogP contribution < -0.4 is 10.6 Å². The third kappa shape index (κ3) is 2.25. The summed E-state index contributed by atoms with van der Waals surface area (Å²) < 4.78 is 0. The molecule has 2 aliphatic rings. The first-order chi connectivity index (χ1) is 7.99. The molecule has 1 aliphatic heterocycles. The predicted molar refractivity (Wildman–Crippen MR) is 65.6 cm³/mol. The van der Waals surface area contributed by atoms with Crippen molar-refractivity contribution in [2.24, 2.45) is 5.92 Å². The molecule has 0 unspecified atom stereocenters. The van der Waals surface area contributed by atoms with Gasteiger partial charge in [-0.15, -0.1) is 0 Å². The minimum absolute atomic E-state index is 0.0337. The first-order valence-electron chi connectivity index (χ1n) is 5.91. The fraction of sp³-hybridized carbons (Fsp3) is 0.538. The number of hydrogen-bond acceptors (Lipinski definition) is 2. The fourth-order valence-electron chi connectivity index (χ4n) is 2.46. The van der Waals surface area contributed by atoms with E-state index in [9.17, 15) is 9.59 Å². The van der Waals surface area contributed by atoms with Gasteiger partial charge in [-0.2, -0.15) is 0 Å². The summed E-state index contributed by atoms with van der Waals surface area (Å²) in [4.78, 5) is 23.1. The Bertz CT molecular complexity index is 423. The maximum Gasteiger partial charge on any atom is 0.315 e. The van der Waals surface area contributed by atoms with Gasteiger partial charge < -0.3 is 10.6 Å². The molecule has 1 fully saturated rings. The molecule has 2 N–H and O–H groups in total. The third-order valence-electron chi connectivity index (χ3n) is 3.69. The van der Waals surface area contributed by atoms with Gasteiger partial charge in [0, 0.05) is 13.0 Å². The van der Waals surface area contributed by atoms with Gasteiger partial charge in [0.25, 0.3) is 0 Å². The Morgan fingerprint density at radius 3 is 2.59 bits per heavy atom. The molecule has 1 aliphatic carbocycles. The number of carbonyl (C=O) groups is 2. The number of urea groups is 1. The smallest absolute Gasteiger partial charge is 0.315 e. The summed E-state index contributed by atoms with van der Waals surface area (Å²) in [5.41, 5.74) is 2.92. The van der Waals surface area contributed by atoms with Crippen LogP contribution in [0, 0.1) is 5.92 Å². The number of carbonyl (C=O) groups excluding carboxylic acids is 2. The van der Waals surface area contributed by atoms with Gasteiger partial charge in [-0.05, 0) is 37.3 Å². The second-order valence-electron chi connectivity index (χ2n) is 4.93. The van der Waals surface area contributed by atoms with Crippen LogP contribution in [-0.2, 0) is 4.79 Å². The second kappa shape index (κ2) is 4.35. The lowest BCUT2D eigenvalue weighted by molar-refractivity contribution is -0.116. The highest BCUT2D eigenvalue weighted by Gasteiger charge is 2.32. The lowest BCUT2D eigenvalue weighted by Crippen LogP contribution is -2.33. The molecule has 4 nitrogen and oxygen atoms in total. The van der Waals surface area contributed by atoms with E-state index in [0.29, 0.717) is 13.0 Å². The molecule has 2 atom stereocenters. The molecule has 1 saturated heterocycles. The van der Waals surface area contributed by atoms with Crippen molar-refractivity contribution in [1.29, 1.82) is 0 Å². The van der Waals surface area contributed by atoms with Gasteiger partial charge in [0.2, 0.25) is 0 Å². The molecule has 0 bridgehead atoms. The Balaban J connectivity index is 2.24. The Labute approximate surface area is 101 Å². The summed E-state index contributed by atoms with van der Waals surface area (Å²) in [7, 11) is 0. The van der Waals surface area contributed by atoms with Gasteiger partial charge in [0.1, 0.15) is 0 Å². The molecule has 1 heterocycles.